The molecule has 1 aliphatic carbocycles. The van der Waals surface area contributed by atoms with Crippen molar-refractivity contribution < 1.29 is 28.5 Å². The van der Waals surface area contributed by atoms with Gasteiger partial charge >= 0.3 is 0 Å². The molecular weight excluding hydrogens is 624 g/mol. The molecule has 0 saturated heterocycles. The van der Waals surface area contributed by atoms with Gasteiger partial charge in [0.25, 0.3) is 0 Å². The average molecular weight is 671 g/mol. The molecule has 11 nitrogen and oxygen atoms in total. The first kappa shape index (κ1) is 35.1. The van der Waals surface area contributed by atoms with Crippen molar-refractivity contribution in [2.45, 2.75) is 58.0 Å². The minimum Gasteiger partial charge on any atom is -0.497 e. The molecule has 1 heterocycles. The van der Waals surface area contributed by atoms with Crippen molar-refractivity contribution in [3.05, 3.63) is 76.1 Å². The number of fused-ring (bicyclic) bond motifs is 4. The van der Waals surface area contributed by atoms with Crippen molar-refractivity contribution in [3.8, 4) is 34.1 Å². The summed E-state index contributed by atoms with van der Waals surface area (Å²) in [6, 6.07) is 14.9. The number of carbonyl (C=O) groups excluding carboxylic acids is 2. The number of carbonyl (C=O) groups is 2. The number of hydrogen-bond acceptors (Lipinski definition) is 8. The van der Waals surface area contributed by atoms with E-state index >= 15 is 0 Å². The lowest BCUT2D eigenvalue weighted by Gasteiger charge is -2.19. The minimum atomic E-state index is -0.368. The Morgan fingerprint density at radius 1 is 0.878 bits per heavy atom. The number of unbranched alkanes of at least 4 members (excludes halogenated alkanes) is 2. The lowest BCUT2D eigenvalue weighted by atomic mass is 9.95. The maximum absolute atomic E-state index is 13.5. The van der Waals surface area contributed by atoms with E-state index in [-0.39, 0.29) is 23.3 Å². The van der Waals surface area contributed by atoms with E-state index in [1.807, 2.05) is 42.6 Å². The van der Waals surface area contributed by atoms with Crippen LogP contribution in [-0.4, -0.2) is 57.9 Å². The lowest BCUT2D eigenvalue weighted by molar-refractivity contribution is -0.121. The van der Waals surface area contributed by atoms with Crippen molar-refractivity contribution in [1.82, 2.24) is 15.2 Å². The Balaban J connectivity index is 1.19. The molecule has 0 fully saturated rings. The summed E-state index contributed by atoms with van der Waals surface area (Å²) in [6.45, 7) is 3.30. The molecule has 5 rings (SSSR count). The zero-order valence-electron chi connectivity index (χ0n) is 28.9. The second-order valence-electron chi connectivity index (χ2n) is 12.1. The van der Waals surface area contributed by atoms with E-state index in [0.717, 1.165) is 52.6 Å². The van der Waals surface area contributed by atoms with Gasteiger partial charge in [0.15, 0.2) is 11.5 Å². The molecule has 0 spiro atoms. The highest BCUT2D eigenvalue weighted by Crippen LogP contribution is 2.50. The SMILES string of the molecule is COc1ccc2c(ccn2CCNC(=O)CCCCCNc2ccc3c(cc2=O)C(NC(C)=O)CCc2cc(OC)c(OC)c(OC)c2-3)c1. The van der Waals surface area contributed by atoms with Crippen LogP contribution in [0.2, 0.25) is 0 Å². The number of amides is 2. The predicted molar refractivity (Wildman–Crippen MR) is 191 cm³/mol. The number of methoxy groups -OCH3 is 4. The lowest BCUT2D eigenvalue weighted by Crippen LogP contribution is -2.26. The van der Waals surface area contributed by atoms with Crippen LogP contribution < -0.4 is 40.3 Å². The van der Waals surface area contributed by atoms with Gasteiger partial charge < -0.3 is 39.5 Å². The van der Waals surface area contributed by atoms with Crippen LogP contribution in [0.1, 0.15) is 56.2 Å². The van der Waals surface area contributed by atoms with Crippen molar-refractivity contribution >= 4 is 28.4 Å². The quantitative estimate of drug-likeness (QED) is 0.139. The summed E-state index contributed by atoms with van der Waals surface area (Å²) in [5.74, 6) is 2.20. The van der Waals surface area contributed by atoms with Crippen molar-refractivity contribution in [2.24, 2.45) is 0 Å². The molecule has 3 aromatic carbocycles. The van der Waals surface area contributed by atoms with Gasteiger partial charge in [-0.1, -0.05) is 12.5 Å². The second-order valence-corrected chi connectivity index (χ2v) is 12.1. The highest BCUT2D eigenvalue weighted by Gasteiger charge is 2.29. The van der Waals surface area contributed by atoms with Crippen LogP contribution in [0.5, 0.6) is 23.0 Å². The summed E-state index contributed by atoms with van der Waals surface area (Å²) in [6.07, 6.45) is 6.08. The molecule has 0 saturated carbocycles. The Bertz CT molecular complexity index is 1870. The number of anilines is 1. The summed E-state index contributed by atoms with van der Waals surface area (Å²) >= 11 is 0. The first-order chi connectivity index (χ1) is 23.8. The third-order valence-corrected chi connectivity index (χ3v) is 8.97. The van der Waals surface area contributed by atoms with E-state index in [1.54, 1.807) is 40.6 Å². The highest BCUT2D eigenvalue weighted by molar-refractivity contribution is 5.84. The molecule has 1 aromatic heterocycles. The molecule has 0 bridgehead atoms. The average Bonchev–Trinajstić information content (AvgIpc) is 3.35. The largest absolute Gasteiger partial charge is 0.497 e. The van der Waals surface area contributed by atoms with Gasteiger partial charge in [-0.05, 0) is 84.8 Å². The fourth-order valence-corrected chi connectivity index (χ4v) is 6.57. The molecule has 49 heavy (non-hydrogen) atoms. The normalized spacial score (nSPS) is 13.4. The van der Waals surface area contributed by atoms with Gasteiger partial charge in [-0.2, -0.15) is 0 Å². The van der Waals surface area contributed by atoms with Gasteiger partial charge in [0.2, 0.25) is 23.0 Å². The van der Waals surface area contributed by atoms with E-state index in [4.69, 9.17) is 18.9 Å². The molecular formula is C38H46N4O7. The molecule has 4 aromatic rings. The van der Waals surface area contributed by atoms with Crippen molar-refractivity contribution in [3.63, 3.8) is 0 Å². The van der Waals surface area contributed by atoms with Crippen LogP contribution in [0.3, 0.4) is 0 Å². The Morgan fingerprint density at radius 2 is 1.69 bits per heavy atom. The summed E-state index contributed by atoms with van der Waals surface area (Å²) in [5.41, 5.74) is 4.67. The van der Waals surface area contributed by atoms with Crippen LogP contribution in [-0.2, 0) is 22.6 Å². The Hall–Kier alpha value is -5.19. The fourth-order valence-electron chi connectivity index (χ4n) is 6.57. The number of aryl methyl sites for hydroxylation is 1. The third kappa shape index (κ3) is 8.10. The maximum Gasteiger partial charge on any atom is 0.220 e. The van der Waals surface area contributed by atoms with Gasteiger partial charge in [-0.25, -0.2) is 0 Å². The van der Waals surface area contributed by atoms with Crippen LogP contribution in [0.4, 0.5) is 5.69 Å². The summed E-state index contributed by atoms with van der Waals surface area (Å²) in [5, 5.41) is 10.4. The number of aromatic nitrogens is 1. The molecule has 0 radical (unpaired) electrons. The molecule has 1 unspecified atom stereocenters. The van der Waals surface area contributed by atoms with Crippen LogP contribution in [0.15, 0.2) is 59.5 Å². The molecule has 260 valence electrons. The number of nitrogens with one attached hydrogen (secondary N) is 3. The maximum atomic E-state index is 13.5. The first-order valence-corrected chi connectivity index (χ1v) is 16.7. The third-order valence-electron chi connectivity index (χ3n) is 8.97. The van der Waals surface area contributed by atoms with Gasteiger partial charge in [-0.3, -0.25) is 14.4 Å². The van der Waals surface area contributed by atoms with Crippen LogP contribution in [0.25, 0.3) is 22.0 Å². The Morgan fingerprint density at radius 3 is 2.43 bits per heavy atom. The number of ether oxygens (including phenoxy) is 4. The molecule has 1 aliphatic rings. The van der Waals surface area contributed by atoms with Gasteiger partial charge in [-0.15, -0.1) is 0 Å². The predicted octanol–water partition coefficient (Wildman–Crippen LogP) is 5.62. The number of benzene rings is 2. The standard InChI is InChI=1S/C38H46N4O7/c1-24(43)41-30-13-10-26-22-34(47-3)37(48-4)38(49-5)36(26)28-12-14-31(33(44)23-29(28)30)39-17-8-6-7-9-35(45)40-18-20-42-19-16-25-21-27(46-2)11-15-32(25)42/h11-12,14-16,19,21-23,30H,6-10,13,17-18,20H2,1-5H3,(H,39,44)(H,40,45)(H,41,43). The molecule has 0 aliphatic heterocycles. The molecule has 11 heteroatoms. The fraction of sp³-hybridized carbons (Fsp3) is 0.395. The van der Waals surface area contributed by atoms with E-state index in [0.29, 0.717) is 67.4 Å². The second kappa shape index (κ2) is 16.3. The van der Waals surface area contributed by atoms with E-state index in [9.17, 15) is 14.4 Å². The zero-order chi connectivity index (χ0) is 34.9. The summed E-state index contributed by atoms with van der Waals surface area (Å²) < 4.78 is 24.5. The summed E-state index contributed by atoms with van der Waals surface area (Å²) in [7, 11) is 6.37. The van der Waals surface area contributed by atoms with Gasteiger partial charge in [0.1, 0.15) is 5.75 Å². The monoisotopic (exact) mass is 670 g/mol. The molecule has 1 atom stereocenters. The van der Waals surface area contributed by atoms with E-state index < -0.39 is 0 Å². The number of hydrogen-bond donors (Lipinski definition) is 3. The molecule has 3 N–H and O–H groups in total. The van der Waals surface area contributed by atoms with Gasteiger partial charge in [0.05, 0.1) is 40.2 Å². The Kier molecular flexibility index (Phi) is 11.7. The molecule has 2 amide bonds. The first-order valence-electron chi connectivity index (χ1n) is 16.7. The van der Waals surface area contributed by atoms with E-state index in [2.05, 4.69) is 20.5 Å². The van der Waals surface area contributed by atoms with Crippen molar-refractivity contribution in [2.75, 3.05) is 46.8 Å². The smallest absolute Gasteiger partial charge is 0.220 e. The highest BCUT2D eigenvalue weighted by atomic mass is 16.5. The van der Waals surface area contributed by atoms with E-state index in [1.165, 1.54) is 6.92 Å². The van der Waals surface area contributed by atoms with Gasteiger partial charge in [0, 0.05) is 55.6 Å². The summed E-state index contributed by atoms with van der Waals surface area (Å²) in [4.78, 5) is 38.2. The minimum absolute atomic E-state index is 0.0307. The Labute approximate surface area is 286 Å². The zero-order valence-corrected chi connectivity index (χ0v) is 28.9. The topological polar surface area (TPSA) is 129 Å². The number of nitrogens with zero attached hydrogens (tertiary/aromatic N) is 1. The van der Waals surface area contributed by atoms with Crippen molar-refractivity contribution in [1.29, 1.82) is 0 Å². The number of rotatable bonds is 15. The van der Waals surface area contributed by atoms with Crippen LogP contribution in [0, 0.1) is 0 Å². The van der Waals surface area contributed by atoms with Crippen LogP contribution >= 0.6 is 0 Å².